The summed E-state index contributed by atoms with van der Waals surface area (Å²) in [6.45, 7) is 10.1. The number of aryl methyl sites for hydroxylation is 2. The van der Waals surface area contributed by atoms with Crippen molar-refractivity contribution in [1.82, 2.24) is 34.8 Å². The zero-order chi connectivity index (χ0) is 40.4. The number of aromatic nitrogens is 6. The number of nitrogens with zero attached hydrogens (tertiary/aromatic N) is 7. The number of halogens is 1. The molecule has 2 amide bonds. The highest BCUT2D eigenvalue weighted by Gasteiger charge is 2.64. The van der Waals surface area contributed by atoms with Gasteiger partial charge in [0.15, 0.2) is 0 Å². The Hall–Kier alpha value is -6.46. The van der Waals surface area contributed by atoms with Crippen molar-refractivity contribution in [1.29, 1.82) is 5.26 Å². The van der Waals surface area contributed by atoms with Gasteiger partial charge in [0.2, 0.25) is 5.91 Å². The molecule has 1 unspecified atom stereocenters. The lowest BCUT2D eigenvalue weighted by atomic mass is 9.49. The maximum atomic E-state index is 13.6. The van der Waals surface area contributed by atoms with Crippen LogP contribution in [0.25, 0.3) is 33.3 Å². The molecule has 1 fully saturated rings. The van der Waals surface area contributed by atoms with Gasteiger partial charge in [-0.2, -0.15) is 15.5 Å². The first-order chi connectivity index (χ1) is 27.1. The standard InChI is InChI=1S/C42H41ClN10O4/c1-22-12-34(54)49-32-16-28(14-29(36(32)48-22)23-9-11-33-30(13-23)35(51-53(33)7)26-20-47-52(6)21-26)57-40-45-18-25(19-46-40)37(55)50-38-41(2,3)39(42(38,4)5)56-27-10-8-24(17-44)31(43)15-27/h8-11,13-16,18-22,38-39,48H,12H2,1-7H3,(H,49,54)(H,50,55). The van der Waals surface area contributed by atoms with Crippen molar-refractivity contribution in [3.8, 4) is 46.0 Å². The number of hydrogen-bond acceptors (Lipinski definition) is 10. The monoisotopic (exact) mass is 784 g/mol. The minimum Gasteiger partial charge on any atom is -0.489 e. The molecule has 1 aliphatic heterocycles. The highest BCUT2D eigenvalue weighted by Crippen LogP contribution is 2.55. The number of carbonyl (C=O) groups is 2. The molecule has 4 heterocycles. The molecule has 14 nitrogen and oxygen atoms in total. The summed E-state index contributed by atoms with van der Waals surface area (Å²) in [6.07, 6.45) is 6.61. The average Bonchev–Trinajstić information content (AvgIpc) is 3.70. The molecule has 3 aromatic heterocycles. The normalized spacial score (nSPS) is 19.3. The number of nitrogens with one attached hydrogen (secondary N) is 3. The fraction of sp³-hybridized carbons (Fsp3) is 0.310. The third-order valence-corrected chi connectivity index (χ3v) is 11.2. The topological polar surface area (TPSA) is 174 Å². The first-order valence-corrected chi connectivity index (χ1v) is 18.9. The van der Waals surface area contributed by atoms with E-state index in [9.17, 15) is 14.9 Å². The van der Waals surface area contributed by atoms with Crippen LogP contribution >= 0.6 is 11.6 Å². The van der Waals surface area contributed by atoms with E-state index in [1.165, 1.54) is 12.4 Å². The van der Waals surface area contributed by atoms with Gasteiger partial charge in [0.25, 0.3) is 5.91 Å². The molecule has 0 bridgehead atoms. The van der Waals surface area contributed by atoms with Gasteiger partial charge >= 0.3 is 6.01 Å². The Labute approximate surface area is 334 Å². The maximum Gasteiger partial charge on any atom is 0.321 e. The molecule has 0 spiro atoms. The van der Waals surface area contributed by atoms with Gasteiger partial charge in [0.1, 0.15) is 29.4 Å². The zero-order valence-electron chi connectivity index (χ0n) is 32.5. The molecular weight excluding hydrogens is 744 g/mol. The molecule has 290 valence electrons. The molecule has 0 radical (unpaired) electrons. The van der Waals surface area contributed by atoms with E-state index < -0.39 is 10.8 Å². The van der Waals surface area contributed by atoms with Crippen molar-refractivity contribution in [3.05, 3.63) is 89.5 Å². The summed E-state index contributed by atoms with van der Waals surface area (Å²) in [6, 6.07) is 16.4. The minimum atomic E-state index is -0.448. The first-order valence-electron chi connectivity index (χ1n) is 18.5. The van der Waals surface area contributed by atoms with Gasteiger partial charge in [0.05, 0.1) is 39.2 Å². The van der Waals surface area contributed by atoms with Crippen molar-refractivity contribution in [3.63, 3.8) is 0 Å². The van der Waals surface area contributed by atoms with Gasteiger partial charge < -0.3 is 25.4 Å². The molecule has 8 rings (SSSR count). The minimum absolute atomic E-state index is 0.0270. The molecule has 3 aromatic carbocycles. The van der Waals surface area contributed by atoms with E-state index in [4.69, 9.17) is 26.2 Å². The number of hydrogen-bond donors (Lipinski definition) is 3. The van der Waals surface area contributed by atoms with Gasteiger partial charge in [-0.15, -0.1) is 0 Å². The fourth-order valence-electron chi connectivity index (χ4n) is 8.52. The average molecular weight is 785 g/mol. The van der Waals surface area contributed by atoms with Crippen LogP contribution in [-0.2, 0) is 18.9 Å². The molecule has 57 heavy (non-hydrogen) atoms. The Balaban J connectivity index is 1.04. The fourth-order valence-corrected chi connectivity index (χ4v) is 8.74. The highest BCUT2D eigenvalue weighted by molar-refractivity contribution is 6.31. The second-order valence-electron chi connectivity index (χ2n) is 16.0. The molecule has 15 heteroatoms. The number of fused-ring (bicyclic) bond motifs is 2. The number of ether oxygens (including phenoxy) is 2. The SMILES string of the molecule is CC1CC(=O)Nc2cc(Oc3ncc(C(=O)NC4C(C)(C)C(Oc5ccc(C#N)c(Cl)c5)C4(C)C)cn3)cc(-c3ccc4c(c3)c(-c3cnn(C)c3)nn4C)c2N1. The molecule has 3 N–H and O–H groups in total. The van der Waals surface area contributed by atoms with E-state index in [2.05, 4.69) is 43.2 Å². The molecule has 2 aliphatic rings. The smallest absolute Gasteiger partial charge is 0.321 e. The quantitative estimate of drug-likeness (QED) is 0.140. The lowest BCUT2D eigenvalue weighted by molar-refractivity contribution is -0.164. The lowest BCUT2D eigenvalue weighted by Gasteiger charge is -2.63. The van der Waals surface area contributed by atoms with E-state index in [1.807, 2.05) is 77.8 Å². The van der Waals surface area contributed by atoms with Gasteiger partial charge in [0, 0.05) is 90.7 Å². The van der Waals surface area contributed by atoms with Crippen LogP contribution in [0.1, 0.15) is 57.0 Å². The van der Waals surface area contributed by atoms with Crippen LogP contribution in [0.2, 0.25) is 5.02 Å². The van der Waals surface area contributed by atoms with Gasteiger partial charge in [-0.3, -0.25) is 19.0 Å². The number of amides is 2. The maximum absolute atomic E-state index is 13.6. The summed E-state index contributed by atoms with van der Waals surface area (Å²) in [7, 11) is 3.78. The van der Waals surface area contributed by atoms with Crippen LogP contribution in [0, 0.1) is 22.2 Å². The lowest BCUT2D eigenvalue weighted by Crippen LogP contribution is -2.74. The van der Waals surface area contributed by atoms with Gasteiger partial charge in [-0.25, -0.2) is 9.97 Å². The molecular formula is C42H41ClN10O4. The summed E-state index contributed by atoms with van der Waals surface area (Å²) in [5.74, 6) is 0.487. The van der Waals surface area contributed by atoms with Crippen LogP contribution in [0.5, 0.6) is 17.5 Å². The number of nitriles is 1. The van der Waals surface area contributed by atoms with Crippen LogP contribution in [0.15, 0.2) is 73.3 Å². The summed E-state index contributed by atoms with van der Waals surface area (Å²) in [5, 5.41) is 29.3. The predicted molar refractivity (Wildman–Crippen MR) is 216 cm³/mol. The Kier molecular flexibility index (Phi) is 9.16. The summed E-state index contributed by atoms with van der Waals surface area (Å²) in [4.78, 5) is 35.2. The van der Waals surface area contributed by atoms with Crippen molar-refractivity contribution >= 4 is 45.7 Å². The molecule has 0 saturated heterocycles. The van der Waals surface area contributed by atoms with Crippen molar-refractivity contribution in [2.24, 2.45) is 24.9 Å². The van der Waals surface area contributed by atoms with Crippen LogP contribution in [-0.4, -0.2) is 59.5 Å². The van der Waals surface area contributed by atoms with Crippen LogP contribution < -0.4 is 25.4 Å². The number of rotatable bonds is 8. The van der Waals surface area contributed by atoms with E-state index in [0.29, 0.717) is 34.2 Å². The van der Waals surface area contributed by atoms with Crippen molar-refractivity contribution in [2.75, 3.05) is 10.6 Å². The summed E-state index contributed by atoms with van der Waals surface area (Å²) >= 11 is 6.25. The second kappa shape index (κ2) is 13.9. The summed E-state index contributed by atoms with van der Waals surface area (Å²) < 4.78 is 16.2. The number of carbonyl (C=O) groups excluding carboxylic acids is 2. The van der Waals surface area contributed by atoms with Crippen LogP contribution in [0.3, 0.4) is 0 Å². The Morgan fingerprint density at radius 1 is 1.00 bits per heavy atom. The molecule has 1 aliphatic carbocycles. The third-order valence-electron chi connectivity index (χ3n) is 10.9. The number of anilines is 2. The van der Waals surface area contributed by atoms with E-state index in [1.54, 1.807) is 35.1 Å². The molecule has 1 saturated carbocycles. The largest absolute Gasteiger partial charge is 0.489 e. The first kappa shape index (κ1) is 37.5. The molecule has 1 atom stereocenters. The van der Waals surface area contributed by atoms with E-state index in [-0.39, 0.29) is 41.6 Å². The van der Waals surface area contributed by atoms with E-state index in [0.717, 1.165) is 39.0 Å². The van der Waals surface area contributed by atoms with E-state index >= 15 is 0 Å². The predicted octanol–water partition coefficient (Wildman–Crippen LogP) is 7.50. The summed E-state index contributed by atoms with van der Waals surface area (Å²) in [5.41, 5.74) is 5.38. The van der Waals surface area contributed by atoms with Crippen molar-refractivity contribution < 1.29 is 19.1 Å². The van der Waals surface area contributed by atoms with Gasteiger partial charge in [-0.1, -0.05) is 45.4 Å². The second-order valence-corrected chi connectivity index (χ2v) is 16.4. The Bertz CT molecular complexity index is 2610. The van der Waals surface area contributed by atoms with Crippen LogP contribution in [0.4, 0.5) is 11.4 Å². The Morgan fingerprint density at radius 3 is 2.44 bits per heavy atom. The highest BCUT2D eigenvalue weighted by atomic mass is 35.5. The van der Waals surface area contributed by atoms with Crippen molar-refractivity contribution in [2.45, 2.75) is 59.2 Å². The Morgan fingerprint density at radius 2 is 1.75 bits per heavy atom. The molecule has 6 aromatic rings. The third kappa shape index (κ3) is 6.78. The van der Waals surface area contributed by atoms with Gasteiger partial charge in [-0.05, 0) is 42.8 Å². The number of benzene rings is 3. The zero-order valence-corrected chi connectivity index (χ0v) is 33.3.